The summed E-state index contributed by atoms with van der Waals surface area (Å²) in [5.74, 6) is 0.866. The monoisotopic (exact) mass is 348 g/mol. The van der Waals surface area contributed by atoms with Crippen LogP contribution in [0.3, 0.4) is 0 Å². The van der Waals surface area contributed by atoms with Gasteiger partial charge in [-0.2, -0.15) is 0 Å². The van der Waals surface area contributed by atoms with Gasteiger partial charge in [0.25, 0.3) is 0 Å². The minimum Gasteiger partial charge on any atom is -0.444 e. The molecular formula is C17H24N4O2S. The van der Waals surface area contributed by atoms with E-state index in [1.54, 1.807) is 17.7 Å². The van der Waals surface area contributed by atoms with Gasteiger partial charge in [0.1, 0.15) is 22.6 Å². The van der Waals surface area contributed by atoms with E-state index in [-0.39, 0.29) is 0 Å². The minimum atomic E-state index is -0.480. The van der Waals surface area contributed by atoms with Gasteiger partial charge in [-0.1, -0.05) is 0 Å². The summed E-state index contributed by atoms with van der Waals surface area (Å²) in [4.78, 5) is 23.0. The summed E-state index contributed by atoms with van der Waals surface area (Å²) in [5, 5.41) is 7.24. The molecule has 0 saturated heterocycles. The van der Waals surface area contributed by atoms with Crippen molar-refractivity contribution in [1.29, 1.82) is 0 Å². The van der Waals surface area contributed by atoms with E-state index in [0.717, 1.165) is 28.9 Å². The molecule has 1 aliphatic carbocycles. The number of aromatic nitrogens is 2. The first kappa shape index (κ1) is 17.0. The number of rotatable bonds is 4. The molecule has 0 radical (unpaired) electrons. The number of nitrogens with zero attached hydrogens (tertiary/aromatic N) is 2. The summed E-state index contributed by atoms with van der Waals surface area (Å²) in [6.45, 7) is 6.62. The lowest BCUT2D eigenvalue weighted by molar-refractivity contribution is 0.0530. The van der Waals surface area contributed by atoms with Gasteiger partial charge >= 0.3 is 6.09 Å². The summed E-state index contributed by atoms with van der Waals surface area (Å²) in [6.07, 6.45) is 5.95. The van der Waals surface area contributed by atoms with Gasteiger partial charge in [0.2, 0.25) is 0 Å². The average Bonchev–Trinajstić information content (AvgIpc) is 2.89. The number of anilines is 1. The van der Waals surface area contributed by atoms with Crippen LogP contribution in [0.1, 0.15) is 44.1 Å². The van der Waals surface area contributed by atoms with E-state index < -0.39 is 11.7 Å². The van der Waals surface area contributed by atoms with Gasteiger partial charge in [0, 0.05) is 18.0 Å². The third-order valence-electron chi connectivity index (χ3n) is 3.84. The number of hydrogen-bond acceptors (Lipinski definition) is 6. The Balaban J connectivity index is 1.62. The normalized spacial score (nSPS) is 14.3. The van der Waals surface area contributed by atoms with Crippen molar-refractivity contribution in [2.45, 2.75) is 52.1 Å². The molecule has 1 aliphatic rings. The van der Waals surface area contributed by atoms with Crippen LogP contribution >= 0.6 is 11.3 Å². The predicted octanol–water partition coefficient (Wildman–Crippen LogP) is 3.51. The van der Waals surface area contributed by atoms with E-state index in [1.807, 2.05) is 20.8 Å². The highest BCUT2D eigenvalue weighted by atomic mass is 32.1. The van der Waals surface area contributed by atoms with Crippen LogP contribution in [0.4, 0.5) is 10.6 Å². The Morgan fingerprint density at radius 1 is 1.25 bits per heavy atom. The zero-order chi connectivity index (χ0) is 17.2. The van der Waals surface area contributed by atoms with Crippen molar-refractivity contribution in [3.63, 3.8) is 0 Å². The fourth-order valence-electron chi connectivity index (χ4n) is 2.88. The van der Waals surface area contributed by atoms with Crippen molar-refractivity contribution in [2.75, 3.05) is 18.4 Å². The predicted molar refractivity (Wildman–Crippen MR) is 96.8 cm³/mol. The highest BCUT2D eigenvalue weighted by molar-refractivity contribution is 7.19. The Bertz CT molecular complexity index is 736. The summed E-state index contributed by atoms with van der Waals surface area (Å²) in [5.41, 5.74) is 0.927. The molecule has 0 aromatic carbocycles. The number of alkyl carbamates (subject to hydrolysis) is 1. The molecule has 2 heterocycles. The zero-order valence-electron chi connectivity index (χ0n) is 14.4. The molecule has 0 bridgehead atoms. The molecular weight excluding hydrogens is 324 g/mol. The molecule has 6 nitrogen and oxygen atoms in total. The summed E-state index contributed by atoms with van der Waals surface area (Å²) in [6, 6.07) is 0. The van der Waals surface area contributed by atoms with E-state index in [9.17, 15) is 4.79 Å². The molecule has 1 amide bonds. The van der Waals surface area contributed by atoms with Crippen molar-refractivity contribution in [3.05, 3.63) is 16.8 Å². The fourth-order valence-corrected chi connectivity index (χ4v) is 4.11. The Labute approximate surface area is 146 Å². The van der Waals surface area contributed by atoms with Gasteiger partial charge in [0.05, 0.1) is 5.39 Å². The number of carbonyl (C=O) groups is 1. The topological polar surface area (TPSA) is 76.1 Å². The Kier molecular flexibility index (Phi) is 4.89. The molecule has 0 aliphatic heterocycles. The first-order valence-corrected chi connectivity index (χ1v) is 9.21. The molecule has 130 valence electrons. The lowest BCUT2D eigenvalue weighted by Crippen LogP contribution is -2.35. The molecule has 2 aromatic rings. The second-order valence-electron chi connectivity index (χ2n) is 6.97. The molecule has 24 heavy (non-hydrogen) atoms. The Hall–Kier alpha value is -1.89. The molecule has 0 unspecified atom stereocenters. The number of carbonyl (C=O) groups excluding carboxylic acids is 1. The number of ether oxygens (including phenoxy) is 1. The zero-order valence-corrected chi connectivity index (χ0v) is 15.3. The van der Waals surface area contributed by atoms with Crippen molar-refractivity contribution < 1.29 is 9.53 Å². The summed E-state index contributed by atoms with van der Waals surface area (Å²) < 4.78 is 5.22. The maximum Gasteiger partial charge on any atom is 0.407 e. The molecule has 0 saturated carbocycles. The molecule has 0 atom stereocenters. The number of aryl methyl sites for hydroxylation is 2. The van der Waals surface area contributed by atoms with Crippen LogP contribution in [0, 0.1) is 0 Å². The van der Waals surface area contributed by atoms with E-state index in [0.29, 0.717) is 13.1 Å². The third kappa shape index (κ3) is 3.95. The minimum absolute atomic E-state index is 0.398. The largest absolute Gasteiger partial charge is 0.444 e. The molecule has 0 fully saturated rings. The van der Waals surface area contributed by atoms with Gasteiger partial charge in [-0.25, -0.2) is 14.8 Å². The maximum atomic E-state index is 11.6. The van der Waals surface area contributed by atoms with Gasteiger partial charge < -0.3 is 15.4 Å². The number of fused-ring (bicyclic) bond motifs is 3. The quantitative estimate of drug-likeness (QED) is 0.827. The van der Waals surface area contributed by atoms with E-state index in [4.69, 9.17) is 4.74 Å². The van der Waals surface area contributed by atoms with Crippen LogP contribution in [-0.2, 0) is 17.6 Å². The number of nitrogens with one attached hydrogen (secondary N) is 2. The van der Waals surface area contributed by atoms with Crippen molar-refractivity contribution >= 4 is 33.5 Å². The van der Waals surface area contributed by atoms with Gasteiger partial charge in [-0.15, -0.1) is 11.3 Å². The molecule has 7 heteroatoms. The van der Waals surface area contributed by atoms with E-state index in [1.165, 1.54) is 23.3 Å². The fraction of sp³-hybridized carbons (Fsp3) is 0.588. The van der Waals surface area contributed by atoms with E-state index >= 15 is 0 Å². The second kappa shape index (κ2) is 6.93. The highest BCUT2D eigenvalue weighted by Crippen LogP contribution is 2.37. The Morgan fingerprint density at radius 2 is 2.04 bits per heavy atom. The molecule has 0 spiro atoms. The number of hydrogen-bond donors (Lipinski definition) is 2. The van der Waals surface area contributed by atoms with Crippen molar-refractivity contribution in [3.8, 4) is 0 Å². The summed E-state index contributed by atoms with van der Waals surface area (Å²) >= 11 is 1.78. The second-order valence-corrected chi connectivity index (χ2v) is 8.05. The van der Waals surface area contributed by atoms with Crippen LogP contribution in [0.2, 0.25) is 0 Å². The van der Waals surface area contributed by atoms with Crippen molar-refractivity contribution in [2.24, 2.45) is 0 Å². The summed E-state index contributed by atoms with van der Waals surface area (Å²) in [7, 11) is 0. The number of amides is 1. The molecule has 2 N–H and O–H groups in total. The van der Waals surface area contributed by atoms with Crippen LogP contribution in [-0.4, -0.2) is 34.8 Å². The SMILES string of the molecule is CC(C)(C)OC(=O)NCCNc1ncnc2sc3c(c12)CCCC3. The molecule has 3 rings (SSSR count). The lowest BCUT2D eigenvalue weighted by atomic mass is 9.97. The average molecular weight is 348 g/mol. The first-order valence-electron chi connectivity index (χ1n) is 8.40. The standard InChI is InChI=1S/C17H24N4O2S/c1-17(2,3)23-16(22)19-9-8-18-14-13-11-6-4-5-7-12(11)24-15(13)21-10-20-14/h10H,4-9H2,1-3H3,(H,19,22)(H,18,20,21). The highest BCUT2D eigenvalue weighted by Gasteiger charge is 2.20. The van der Waals surface area contributed by atoms with Gasteiger partial charge in [-0.05, 0) is 52.0 Å². The maximum absolute atomic E-state index is 11.6. The Morgan fingerprint density at radius 3 is 2.83 bits per heavy atom. The third-order valence-corrected chi connectivity index (χ3v) is 5.04. The van der Waals surface area contributed by atoms with Crippen LogP contribution in [0.15, 0.2) is 6.33 Å². The number of thiophene rings is 1. The van der Waals surface area contributed by atoms with Crippen LogP contribution in [0.5, 0.6) is 0 Å². The van der Waals surface area contributed by atoms with Gasteiger partial charge in [0.15, 0.2) is 0 Å². The van der Waals surface area contributed by atoms with Crippen LogP contribution < -0.4 is 10.6 Å². The lowest BCUT2D eigenvalue weighted by Gasteiger charge is -2.19. The van der Waals surface area contributed by atoms with Gasteiger partial charge in [-0.3, -0.25) is 0 Å². The molecule has 2 aromatic heterocycles. The smallest absolute Gasteiger partial charge is 0.407 e. The van der Waals surface area contributed by atoms with Crippen molar-refractivity contribution in [1.82, 2.24) is 15.3 Å². The van der Waals surface area contributed by atoms with E-state index in [2.05, 4.69) is 20.6 Å². The first-order chi connectivity index (χ1) is 11.4. The van der Waals surface area contributed by atoms with Crippen LogP contribution in [0.25, 0.3) is 10.2 Å².